The first-order chi connectivity index (χ1) is 12.4. The fourth-order valence-corrected chi connectivity index (χ4v) is 3.36. The highest BCUT2D eigenvalue weighted by Gasteiger charge is 2.10. The predicted octanol–water partition coefficient (Wildman–Crippen LogP) is 3.38. The molecule has 0 aliphatic rings. The summed E-state index contributed by atoms with van der Waals surface area (Å²) in [5.74, 6) is 0.600. The number of hydrogen-bond donors (Lipinski definition) is 3. The van der Waals surface area contributed by atoms with Gasteiger partial charge in [-0.3, -0.25) is 4.99 Å². The Hall–Kier alpha value is -1.07. The Balaban J connectivity index is 0.00000364. The first kappa shape index (κ1) is 24.0. The van der Waals surface area contributed by atoms with E-state index in [0.717, 1.165) is 11.1 Å². The molecule has 0 bridgehead atoms. The lowest BCUT2D eigenvalue weighted by atomic mass is 10.2. The van der Waals surface area contributed by atoms with Crippen LogP contribution in [0.15, 0.2) is 52.4 Å². The topological polar surface area (TPSA) is 82.6 Å². The molecule has 0 aromatic heterocycles. The van der Waals surface area contributed by atoms with Crippen LogP contribution in [0.3, 0.4) is 0 Å². The van der Waals surface area contributed by atoms with E-state index in [9.17, 15) is 8.42 Å². The minimum Gasteiger partial charge on any atom is -0.352 e. The number of rotatable bonds is 6. The summed E-state index contributed by atoms with van der Waals surface area (Å²) >= 11 is 12.0. The first-order valence-electron chi connectivity index (χ1n) is 7.76. The third-order valence-electron chi connectivity index (χ3n) is 3.65. The highest BCUT2D eigenvalue weighted by atomic mass is 127. The van der Waals surface area contributed by atoms with Crippen LogP contribution >= 0.6 is 47.2 Å². The summed E-state index contributed by atoms with van der Waals surface area (Å²) in [6, 6.07) is 11.9. The summed E-state index contributed by atoms with van der Waals surface area (Å²) in [5.41, 5.74) is 1.83. The van der Waals surface area contributed by atoms with Gasteiger partial charge in [0.2, 0.25) is 10.0 Å². The van der Waals surface area contributed by atoms with Gasteiger partial charge in [0.15, 0.2) is 5.96 Å². The molecule has 0 unspecified atom stereocenters. The number of guanidine groups is 1. The van der Waals surface area contributed by atoms with Gasteiger partial charge in [0.25, 0.3) is 0 Å². The van der Waals surface area contributed by atoms with E-state index in [0.29, 0.717) is 29.1 Å². The molecule has 3 N–H and O–H groups in total. The molecule has 0 saturated carbocycles. The second-order valence-electron chi connectivity index (χ2n) is 5.37. The fraction of sp³-hybridized carbons (Fsp3) is 0.235. The predicted molar refractivity (Wildman–Crippen MR) is 122 cm³/mol. The van der Waals surface area contributed by atoms with E-state index >= 15 is 0 Å². The maximum Gasteiger partial charge on any atom is 0.240 e. The van der Waals surface area contributed by atoms with Crippen molar-refractivity contribution in [2.75, 3.05) is 14.1 Å². The number of hydrogen-bond acceptors (Lipinski definition) is 3. The van der Waals surface area contributed by atoms with E-state index in [2.05, 4.69) is 20.3 Å². The van der Waals surface area contributed by atoms with Gasteiger partial charge < -0.3 is 10.6 Å². The summed E-state index contributed by atoms with van der Waals surface area (Å²) in [6.07, 6.45) is 0. The highest BCUT2D eigenvalue weighted by Crippen LogP contribution is 2.20. The van der Waals surface area contributed by atoms with Gasteiger partial charge in [-0.15, -0.1) is 24.0 Å². The molecule has 27 heavy (non-hydrogen) atoms. The maximum atomic E-state index is 11.7. The van der Waals surface area contributed by atoms with Crippen LogP contribution < -0.4 is 15.4 Å². The first-order valence-corrected chi connectivity index (χ1v) is 10.0. The zero-order chi connectivity index (χ0) is 19.2. The minimum atomic E-state index is -3.43. The van der Waals surface area contributed by atoms with E-state index < -0.39 is 10.0 Å². The lowest BCUT2D eigenvalue weighted by molar-refractivity contribution is 0.588. The second-order valence-corrected chi connectivity index (χ2v) is 8.10. The molecule has 2 aromatic rings. The van der Waals surface area contributed by atoms with Gasteiger partial charge >= 0.3 is 0 Å². The van der Waals surface area contributed by atoms with Crippen molar-refractivity contribution in [1.29, 1.82) is 0 Å². The molecule has 0 saturated heterocycles. The molecular formula is C17H21Cl2IN4O2S. The Labute approximate surface area is 186 Å². The molecule has 148 valence electrons. The molecule has 2 aromatic carbocycles. The van der Waals surface area contributed by atoms with Crippen molar-refractivity contribution in [3.8, 4) is 0 Å². The van der Waals surface area contributed by atoms with Crippen molar-refractivity contribution in [1.82, 2.24) is 15.4 Å². The number of nitrogens with one attached hydrogen (secondary N) is 3. The summed E-state index contributed by atoms with van der Waals surface area (Å²) in [5, 5.41) is 7.50. The van der Waals surface area contributed by atoms with Crippen molar-refractivity contribution in [3.05, 3.63) is 63.6 Å². The zero-order valence-electron chi connectivity index (χ0n) is 14.8. The van der Waals surface area contributed by atoms with Gasteiger partial charge in [-0.25, -0.2) is 13.1 Å². The van der Waals surface area contributed by atoms with Crippen LogP contribution in [-0.2, 0) is 23.1 Å². The van der Waals surface area contributed by atoms with Crippen LogP contribution in [-0.4, -0.2) is 28.5 Å². The molecule has 10 heteroatoms. The van der Waals surface area contributed by atoms with Gasteiger partial charge in [0.1, 0.15) is 0 Å². The highest BCUT2D eigenvalue weighted by molar-refractivity contribution is 14.0. The summed E-state index contributed by atoms with van der Waals surface area (Å²) in [4.78, 5) is 4.38. The Morgan fingerprint density at radius 3 is 2.22 bits per heavy atom. The standard InChI is InChI=1S/C17H20Cl2N4O2S.HI/c1-20-17(23-11-13-5-6-14(18)9-16(13)19)22-10-12-3-7-15(8-4-12)26(24,25)21-2;/h3-9,21H,10-11H2,1-2H3,(H2,20,22,23);1H. The van der Waals surface area contributed by atoms with E-state index in [1.807, 2.05) is 6.07 Å². The van der Waals surface area contributed by atoms with Crippen molar-refractivity contribution in [2.45, 2.75) is 18.0 Å². The zero-order valence-corrected chi connectivity index (χ0v) is 19.5. The molecule has 0 radical (unpaired) electrons. The Morgan fingerprint density at radius 2 is 1.67 bits per heavy atom. The quantitative estimate of drug-likeness (QED) is 0.297. The van der Waals surface area contributed by atoms with Gasteiger partial charge in [-0.2, -0.15) is 0 Å². The molecule has 0 amide bonds. The average Bonchev–Trinajstić information content (AvgIpc) is 2.63. The monoisotopic (exact) mass is 542 g/mol. The van der Waals surface area contributed by atoms with Crippen molar-refractivity contribution >= 4 is 63.2 Å². The van der Waals surface area contributed by atoms with E-state index in [1.165, 1.54) is 7.05 Å². The van der Waals surface area contributed by atoms with Gasteiger partial charge in [-0.05, 0) is 42.4 Å². The lowest BCUT2D eigenvalue weighted by Crippen LogP contribution is -2.36. The lowest BCUT2D eigenvalue weighted by Gasteiger charge is -2.13. The summed E-state index contributed by atoms with van der Waals surface area (Å²) in [7, 11) is -0.375. The maximum absolute atomic E-state index is 11.7. The smallest absolute Gasteiger partial charge is 0.240 e. The van der Waals surface area contributed by atoms with Crippen LogP contribution in [0.4, 0.5) is 0 Å². The van der Waals surface area contributed by atoms with Crippen LogP contribution in [0.25, 0.3) is 0 Å². The second kappa shape index (κ2) is 11.1. The third kappa shape index (κ3) is 7.11. The van der Waals surface area contributed by atoms with Crippen LogP contribution in [0.2, 0.25) is 10.0 Å². The normalized spacial score (nSPS) is 11.6. The van der Waals surface area contributed by atoms with Gasteiger partial charge in [0, 0.05) is 30.2 Å². The van der Waals surface area contributed by atoms with Crippen LogP contribution in [0, 0.1) is 0 Å². The molecule has 0 heterocycles. The molecule has 2 rings (SSSR count). The summed E-state index contributed by atoms with van der Waals surface area (Å²) < 4.78 is 25.7. The summed E-state index contributed by atoms with van der Waals surface area (Å²) in [6.45, 7) is 0.989. The molecule has 0 spiro atoms. The van der Waals surface area contributed by atoms with Crippen LogP contribution in [0.5, 0.6) is 0 Å². The molecule has 0 aliphatic heterocycles. The number of halogens is 3. The third-order valence-corrected chi connectivity index (χ3v) is 5.66. The van der Waals surface area contributed by atoms with Gasteiger partial charge in [-0.1, -0.05) is 41.4 Å². The van der Waals surface area contributed by atoms with E-state index in [-0.39, 0.29) is 28.9 Å². The Kier molecular flexibility index (Phi) is 9.82. The molecule has 0 aliphatic carbocycles. The van der Waals surface area contributed by atoms with Gasteiger partial charge in [0.05, 0.1) is 4.90 Å². The SMILES string of the molecule is CN=C(NCc1ccc(S(=O)(=O)NC)cc1)NCc1ccc(Cl)cc1Cl.I. The van der Waals surface area contributed by atoms with Crippen molar-refractivity contribution in [2.24, 2.45) is 4.99 Å². The fourth-order valence-electron chi connectivity index (χ4n) is 2.15. The number of nitrogens with zero attached hydrogens (tertiary/aromatic N) is 1. The molecule has 0 fully saturated rings. The van der Waals surface area contributed by atoms with Crippen molar-refractivity contribution < 1.29 is 8.42 Å². The van der Waals surface area contributed by atoms with Crippen LogP contribution in [0.1, 0.15) is 11.1 Å². The Bertz CT molecular complexity index is 890. The van der Waals surface area contributed by atoms with E-state index in [1.54, 1.807) is 43.4 Å². The largest absolute Gasteiger partial charge is 0.352 e. The van der Waals surface area contributed by atoms with Crippen molar-refractivity contribution in [3.63, 3.8) is 0 Å². The average molecular weight is 543 g/mol. The number of benzene rings is 2. The molecule has 0 atom stereocenters. The molecule has 6 nitrogen and oxygen atoms in total. The number of sulfonamides is 1. The van der Waals surface area contributed by atoms with E-state index in [4.69, 9.17) is 23.2 Å². The Morgan fingerprint density at radius 1 is 1.04 bits per heavy atom. The number of aliphatic imine (C=N–C) groups is 1. The minimum absolute atomic E-state index is 0. The molecular weight excluding hydrogens is 522 g/mol.